The maximum atomic E-state index is 4.69. The molecule has 0 saturated heterocycles. The molecule has 10 aromatic rings. The Morgan fingerprint density at radius 2 is 1.14 bits per heavy atom. The van der Waals surface area contributed by atoms with Gasteiger partial charge in [-0.2, -0.15) is 0 Å². The van der Waals surface area contributed by atoms with E-state index >= 15 is 0 Å². The Morgan fingerprint density at radius 1 is 0.500 bits per heavy atom. The summed E-state index contributed by atoms with van der Waals surface area (Å²) in [5.74, 6) is 0. The summed E-state index contributed by atoms with van der Waals surface area (Å²) in [6, 6.07) is 56.2. The van der Waals surface area contributed by atoms with Gasteiger partial charge in [0.1, 0.15) is 0 Å². The minimum Gasteiger partial charge on any atom is -0.386 e. The summed E-state index contributed by atoms with van der Waals surface area (Å²) in [7, 11) is 0. The number of nitrogens with zero attached hydrogens (tertiary/aromatic N) is 3. The molecule has 0 spiro atoms. The van der Waals surface area contributed by atoms with Gasteiger partial charge >= 0.3 is 0 Å². The third-order valence-electron chi connectivity index (χ3n) is 14.9. The van der Waals surface area contributed by atoms with Crippen LogP contribution in [0.4, 0.5) is 0 Å². The van der Waals surface area contributed by atoms with E-state index in [0.29, 0.717) is 0 Å². The van der Waals surface area contributed by atoms with Gasteiger partial charge in [-0.25, -0.2) is 0 Å². The minimum atomic E-state index is 0.840. The number of hydrogen-bond acceptors (Lipinski definition) is 2. The van der Waals surface area contributed by atoms with Gasteiger partial charge in [0.05, 0.1) is 34.1 Å². The number of nitrogens with one attached hydrogen (secondary N) is 1. The Balaban J connectivity index is 1.01. The highest BCUT2D eigenvalue weighted by atomic mass is 15.0. The van der Waals surface area contributed by atoms with Crippen molar-refractivity contribution in [3.8, 4) is 50.2 Å². The van der Waals surface area contributed by atoms with Gasteiger partial charge in [0.15, 0.2) is 0 Å². The van der Waals surface area contributed by atoms with E-state index in [1.54, 1.807) is 0 Å². The molecule has 1 N–H and O–H groups in total. The van der Waals surface area contributed by atoms with Crippen molar-refractivity contribution in [1.29, 1.82) is 0 Å². The van der Waals surface area contributed by atoms with Crippen molar-refractivity contribution >= 4 is 50.1 Å². The lowest BCUT2D eigenvalue weighted by Gasteiger charge is -2.31. The zero-order valence-electron chi connectivity index (χ0n) is 36.7. The van der Waals surface area contributed by atoms with Crippen molar-refractivity contribution in [3.63, 3.8) is 0 Å². The van der Waals surface area contributed by atoms with E-state index in [0.717, 1.165) is 50.8 Å². The standard InChI is InChI=1S/C62H46N4/c1-3-13-39(14-4-1)47-19-7-9-21-49(47)41-25-29-57-53(33-41)55-35-43-23-24-44-36-56-54-34-42(50-22-10-8-20-48(50)40-15-5-2-6-16-40)26-30-58(54)66(46-18-12-32-64-38-46)62(56)52-28-27-51(59(43)60(44)52)61(55)65(57)45-17-11-31-63-37-45/h1-22,25,29,32-38,63H,23-24,26-28,30-31H2. The van der Waals surface area contributed by atoms with Crippen LogP contribution in [0.1, 0.15) is 45.5 Å². The van der Waals surface area contributed by atoms with Crippen LogP contribution in [0.25, 0.3) is 100 Å². The Bertz CT molecular complexity index is 3730. The first-order valence-electron chi connectivity index (χ1n) is 23.6. The van der Waals surface area contributed by atoms with Crippen molar-refractivity contribution in [2.75, 3.05) is 6.54 Å². The largest absolute Gasteiger partial charge is 0.386 e. The zero-order chi connectivity index (χ0) is 43.3. The van der Waals surface area contributed by atoms with Crippen molar-refractivity contribution in [3.05, 3.63) is 221 Å². The predicted molar refractivity (Wildman–Crippen MR) is 275 cm³/mol. The number of benzene rings is 7. The molecule has 0 atom stereocenters. The van der Waals surface area contributed by atoms with Crippen LogP contribution in [-0.2, 0) is 32.1 Å². The van der Waals surface area contributed by atoms with Crippen LogP contribution in [0.5, 0.6) is 0 Å². The number of fused-ring (bicyclic) bond motifs is 8. The van der Waals surface area contributed by atoms with Crippen LogP contribution in [0.2, 0.25) is 0 Å². The summed E-state index contributed by atoms with van der Waals surface area (Å²) in [6.45, 7) is 0.840. The fourth-order valence-electron chi connectivity index (χ4n) is 12.2. The van der Waals surface area contributed by atoms with E-state index < -0.39 is 0 Å². The van der Waals surface area contributed by atoms with Crippen LogP contribution in [0.15, 0.2) is 182 Å². The highest BCUT2D eigenvalue weighted by molar-refractivity contribution is 6.16. The Kier molecular flexibility index (Phi) is 8.39. The average molecular weight is 847 g/mol. The Labute approximate surface area is 384 Å². The van der Waals surface area contributed by atoms with Gasteiger partial charge in [-0.15, -0.1) is 0 Å². The number of aromatic nitrogens is 3. The molecule has 66 heavy (non-hydrogen) atoms. The van der Waals surface area contributed by atoms with Crippen molar-refractivity contribution in [1.82, 2.24) is 19.4 Å². The SMILES string of the molecule is C1=CC(n2c3ccc(-c4ccccc4-c4ccccc4)cc3c3cc4c5c(c32)CCc2c-5c(cc3c5c(n(-c6cccnc6)c23)CCC(c2ccccc2-c2ccccc2)=C5)CC4)=CNC1. The molecule has 0 saturated carbocycles. The number of rotatable bonds is 6. The normalized spacial score (nSPS) is 14.8. The highest BCUT2D eigenvalue weighted by Gasteiger charge is 2.34. The summed E-state index contributed by atoms with van der Waals surface area (Å²) < 4.78 is 5.15. The van der Waals surface area contributed by atoms with Gasteiger partial charge in [-0.1, -0.05) is 121 Å². The van der Waals surface area contributed by atoms with Gasteiger partial charge in [-0.3, -0.25) is 4.98 Å². The molecule has 0 bridgehead atoms. The van der Waals surface area contributed by atoms with E-state index in [1.807, 2.05) is 6.20 Å². The molecule has 7 aromatic carbocycles. The van der Waals surface area contributed by atoms with Crippen LogP contribution >= 0.6 is 0 Å². The second kappa shape index (κ2) is 14.8. The molecule has 3 aliphatic carbocycles. The van der Waals surface area contributed by atoms with E-state index in [4.69, 9.17) is 4.98 Å². The average Bonchev–Trinajstić information content (AvgIpc) is 3.90. The number of dihydropyridines is 1. The smallest absolute Gasteiger partial charge is 0.0642 e. The number of pyridine rings is 1. The van der Waals surface area contributed by atoms with E-state index in [-0.39, 0.29) is 0 Å². The Hall–Kier alpha value is -7.95. The molecular formula is C62H46N4. The molecule has 0 unspecified atom stereocenters. The fourth-order valence-corrected chi connectivity index (χ4v) is 12.2. The van der Waals surface area contributed by atoms with Crippen molar-refractivity contribution < 1.29 is 0 Å². The minimum absolute atomic E-state index is 0.840. The first-order chi connectivity index (χ1) is 32.8. The van der Waals surface area contributed by atoms with Crippen molar-refractivity contribution in [2.45, 2.75) is 38.5 Å². The number of aryl methyl sites for hydroxylation is 4. The molecule has 4 heterocycles. The van der Waals surface area contributed by atoms with E-state index in [2.05, 4.69) is 197 Å². The first kappa shape index (κ1) is 37.4. The molecule has 4 heteroatoms. The van der Waals surface area contributed by atoms with Gasteiger partial charge in [0.25, 0.3) is 0 Å². The molecule has 0 radical (unpaired) electrons. The van der Waals surface area contributed by atoms with Crippen molar-refractivity contribution in [2.24, 2.45) is 0 Å². The summed E-state index contributed by atoms with van der Waals surface area (Å²) in [6.07, 6.45) is 19.2. The highest BCUT2D eigenvalue weighted by Crippen LogP contribution is 2.52. The zero-order valence-corrected chi connectivity index (χ0v) is 36.7. The summed E-state index contributed by atoms with van der Waals surface area (Å²) >= 11 is 0. The lowest BCUT2D eigenvalue weighted by Crippen LogP contribution is -2.17. The lowest BCUT2D eigenvalue weighted by molar-refractivity contribution is 0.869. The van der Waals surface area contributed by atoms with Gasteiger partial charge in [-0.05, 0) is 165 Å². The molecule has 4 nitrogen and oxygen atoms in total. The molecule has 314 valence electrons. The predicted octanol–water partition coefficient (Wildman–Crippen LogP) is 14.4. The molecule has 1 aliphatic heterocycles. The second-order valence-electron chi connectivity index (χ2n) is 18.4. The molecule has 0 amide bonds. The summed E-state index contributed by atoms with van der Waals surface area (Å²) in [4.78, 5) is 4.69. The maximum absolute atomic E-state index is 4.69. The van der Waals surface area contributed by atoms with E-state index in [1.165, 1.54) is 128 Å². The monoisotopic (exact) mass is 846 g/mol. The second-order valence-corrected chi connectivity index (χ2v) is 18.4. The lowest BCUT2D eigenvalue weighted by atomic mass is 9.73. The van der Waals surface area contributed by atoms with E-state index in [9.17, 15) is 0 Å². The third-order valence-corrected chi connectivity index (χ3v) is 14.9. The molecule has 0 fully saturated rings. The number of hydrogen-bond donors (Lipinski definition) is 1. The Morgan fingerprint density at radius 3 is 1.80 bits per heavy atom. The molecule has 3 aromatic heterocycles. The molecular weight excluding hydrogens is 801 g/mol. The third kappa shape index (κ3) is 5.61. The quantitative estimate of drug-likeness (QED) is 0.181. The number of allylic oxidation sites excluding steroid dienone is 3. The van der Waals surface area contributed by atoms with Crippen LogP contribution in [-0.4, -0.2) is 20.7 Å². The fraction of sp³-hybridized carbons (Fsp3) is 0.113. The van der Waals surface area contributed by atoms with Crippen LogP contribution < -0.4 is 5.32 Å². The molecule has 14 rings (SSSR count). The van der Waals surface area contributed by atoms with Crippen LogP contribution in [0, 0.1) is 0 Å². The van der Waals surface area contributed by atoms with Gasteiger partial charge in [0, 0.05) is 46.4 Å². The summed E-state index contributed by atoms with van der Waals surface area (Å²) in [5.41, 5.74) is 28.3. The maximum Gasteiger partial charge on any atom is 0.0642 e. The van der Waals surface area contributed by atoms with Gasteiger partial charge < -0.3 is 14.5 Å². The topological polar surface area (TPSA) is 34.8 Å². The molecule has 4 aliphatic rings. The van der Waals surface area contributed by atoms with Crippen LogP contribution in [0.3, 0.4) is 0 Å². The summed E-state index contributed by atoms with van der Waals surface area (Å²) in [5, 5.41) is 7.60. The van der Waals surface area contributed by atoms with Gasteiger partial charge in [0.2, 0.25) is 0 Å². The first-order valence-corrected chi connectivity index (χ1v) is 23.6.